The number of tetrazole rings is 1. The minimum absolute atomic E-state index is 0.0513. The summed E-state index contributed by atoms with van der Waals surface area (Å²) < 4.78 is 23.5. The molecule has 2 aliphatic heterocycles. The van der Waals surface area contributed by atoms with Crippen molar-refractivity contribution in [2.75, 3.05) is 26.3 Å². The van der Waals surface area contributed by atoms with Gasteiger partial charge in [-0.1, -0.05) is 5.16 Å². The van der Waals surface area contributed by atoms with E-state index in [2.05, 4.69) is 31.8 Å². The Balaban J connectivity index is 1.18. The van der Waals surface area contributed by atoms with E-state index in [0.717, 1.165) is 53.7 Å². The van der Waals surface area contributed by atoms with Crippen LogP contribution in [0.2, 0.25) is 0 Å². The maximum Gasteiger partial charge on any atom is 0.254 e. The SMILES string of the molecule is CCOc1cc(C(=O)N2CCC3(CCc4cc(-c5nn[nH]n5)ccc4O3)CC2)cc(OCC)c1-c1cnoc1. The molecule has 1 fully saturated rings. The molecule has 1 amide bonds. The molecule has 39 heavy (non-hydrogen) atoms. The lowest BCUT2D eigenvalue weighted by atomic mass is 9.82. The first-order chi connectivity index (χ1) is 19.1. The van der Waals surface area contributed by atoms with Gasteiger partial charge in [-0.2, -0.15) is 5.21 Å². The molecule has 2 aliphatic rings. The van der Waals surface area contributed by atoms with Gasteiger partial charge in [-0.15, -0.1) is 10.2 Å². The molecular weight excluding hydrogens is 500 g/mol. The number of hydrogen-bond donors (Lipinski definition) is 1. The Bertz CT molecular complexity index is 1420. The monoisotopic (exact) mass is 530 g/mol. The summed E-state index contributed by atoms with van der Waals surface area (Å²) in [5, 5.41) is 18.1. The van der Waals surface area contributed by atoms with E-state index in [1.807, 2.05) is 30.9 Å². The highest BCUT2D eigenvalue weighted by Crippen LogP contribution is 2.42. The molecule has 4 heterocycles. The molecule has 202 valence electrons. The highest BCUT2D eigenvalue weighted by atomic mass is 16.5. The third-order valence-electron chi connectivity index (χ3n) is 7.44. The van der Waals surface area contributed by atoms with Gasteiger partial charge >= 0.3 is 0 Å². The van der Waals surface area contributed by atoms with Crippen molar-refractivity contribution in [2.24, 2.45) is 0 Å². The number of ether oxygens (including phenoxy) is 3. The van der Waals surface area contributed by atoms with Gasteiger partial charge in [0.15, 0.2) is 0 Å². The normalized spacial score (nSPS) is 16.0. The van der Waals surface area contributed by atoms with Crippen molar-refractivity contribution < 1.29 is 23.5 Å². The molecule has 0 bridgehead atoms. The molecule has 4 aromatic rings. The van der Waals surface area contributed by atoms with Gasteiger partial charge in [-0.05, 0) is 67.8 Å². The number of fused-ring (bicyclic) bond motifs is 1. The molecule has 0 unspecified atom stereocenters. The van der Waals surface area contributed by atoms with Gasteiger partial charge in [0.2, 0.25) is 5.82 Å². The molecule has 1 spiro atoms. The first kappa shape index (κ1) is 24.9. The van der Waals surface area contributed by atoms with Gasteiger partial charge in [0.05, 0.1) is 25.0 Å². The van der Waals surface area contributed by atoms with Crippen molar-refractivity contribution in [3.8, 4) is 39.8 Å². The second-order valence-corrected chi connectivity index (χ2v) is 9.76. The molecule has 0 aliphatic carbocycles. The lowest BCUT2D eigenvalue weighted by molar-refractivity contribution is -0.0107. The molecule has 6 rings (SSSR count). The maximum atomic E-state index is 13.7. The number of aromatic amines is 1. The number of nitrogens with one attached hydrogen (secondary N) is 1. The average molecular weight is 531 g/mol. The van der Waals surface area contributed by atoms with Gasteiger partial charge in [0, 0.05) is 42.6 Å². The van der Waals surface area contributed by atoms with Crippen LogP contribution in [-0.4, -0.2) is 68.5 Å². The van der Waals surface area contributed by atoms with Crippen LogP contribution in [0.5, 0.6) is 17.2 Å². The number of aromatic nitrogens is 5. The van der Waals surface area contributed by atoms with Crippen LogP contribution in [0.3, 0.4) is 0 Å². The third kappa shape index (κ3) is 4.80. The van der Waals surface area contributed by atoms with Crippen molar-refractivity contribution in [1.82, 2.24) is 30.7 Å². The van der Waals surface area contributed by atoms with Gasteiger partial charge in [0.1, 0.15) is 29.1 Å². The van der Waals surface area contributed by atoms with Gasteiger partial charge in [0.25, 0.3) is 5.91 Å². The summed E-state index contributed by atoms with van der Waals surface area (Å²) in [6.07, 6.45) is 6.48. The minimum atomic E-state index is -0.275. The van der Waals surface area contributed by atoms with Crippen LogP contribution in [0.4, 0.5) is 0 Å². The molecule has 2 aromatic heterocycles. The van der Waals surface area contributed by atoms with Gasteiger partial charge < -0.3 is 23.6 Å². The predicted molar refractivity (Wildman–Crippen MR) is 141 cm³/mol. The third-order valence-corrected chi connectivity index (χ3v) is 7.44. The summed E-state index contributed by atoms with van der Waals surface area (Å²) in [6.45, 7) is 5.93. The molecule has 1 saturated heterocycles. The lowest BCUT2D eigenvalue weighted by Crippen LogP contribution is -2.51. The summed E-state index contributed by atoms with van der Waals surface area (Å²) in [5.74, 6) is 2.54. The maximum absolute atomic E-state index is 13.7. The number of carbonyl (C=O) groups is 1. The summed E-state index contributed by atoms with van der Waals surface area (Å²) in [6, 6.07) is 9.59. The number of likely N-dealkylation sites (tertiary alicyclic amines) is 1. The molecule has 0 radical (unpaired) electrons. The molecule has 11 nitrogen and oxygen atoms in total. The summed E-state index contributed by atoms with van der Waals surface area (Å²) in [7, 11) is 0. The Morgan fingerprint density at radius 3 is 2.46 bits per heavy atom. The van der Waals surface area contributed by atoms with Crippen LogP contribution in [0.15, 0.2) is 47.3 Å². The van der Waals surface area contributed by atoms with E-state index < -0.39 is 0 Å². The minimum Gasteiger partial charge on any atom is -0.493 e. The summed E-state index contributed by atoms with van der Waals surface area (Å²) in [5.41, 5.74) is 3.77. The highest BCUT2D eigenvalue weighted by Gasteiger charge is 2.41. The largest absolute Gasteiger partial charge is 0.493 e. The Labute approximate surface area is 225 Å². The molecule has 0 atom stereocenters. The van der Waals surface area contributed by atoms with E-state index in [0.29, 0.717) is 49.2 Å². The van der Waals surface area contributed by atoms with E-state index in [1.165, 1.54) is 0 Å². The van der Waals surface area contributed by atoms with Crippen molar-refractivity contribution in [3.05, 3.63) is 53.9 Å². The second-order valence-electron chi connectivity index (χ2n) is 9.76. The Morgan fingerprint density at radius 2 is 1.82 bits per heavy atom. The zero-order chi connectivity index (χ0) is 26.8. The number of aryl methyl sites for hydroxylation is 1. The van der Waals surface area contributed by atoms with E-state index in [-0.39, 0.29) is 11.5 Å². The lowest BCUT2D eigenvalue weighted by Gasteiger charge is -2.44. The Kier molecular flexibility index (Phi) is 6.64. The fourth-order valence-corrected chi connectivity index (χ4v) is 5.46. The average Bonchev–Trinajstić information content (AvgIpc) is 3.68. The van der Waals surface area contributed by atoms with Crippen molar-refractivity contribution in [1.29, 1.82) is 0 Å². The van der Waals surface area contributed by atoms with E-state index in [4.69, 9.17) is 18.7 Å². The predicted octanol–water partition coefficient (Wildman–Crippen LogP) is 4.32. The fraction of sp³-hybridized carbons (Fsp3) is 0.393. The number of rotatable bonds is 7. The Hall–Kier alpha value is -4.41. The number of hydrogen-bond acceptors (Lipinski definition) is 9. The van der Waals surface area contributed by atoms with E-state index in [1.54, 1.807) is 24.6 Å². The molecule has 2 aromatic carbocycles. The van der Waals surface area contributed by atoms with Gasteiger partial charge in [-0.3, -0.25) is 4.79 Å². The number of nitrogens with zero attached hydrogens (tertiary/aromatic N) is 5. The number of piperidine rings is 1. The first-order valence-corrected chi connectivity index (χ1v) is 13.3. The van der Waals surface area contributed by atoms with Gasteiger partial charge in [-0.25, -0.2) is 0 Å². The van der Waals surface area contributed by atoms with Crippen molar-refractivity contribution in [2.45, 2.75) is 45.1 Å². The summed E-state index contributed by atoms with van der Waals surface area (Å²) >= 11 is 0. The first-order valence-electron chi connectivity index (χ1n) is 13.3. The smallest absolute Gasteiger partial charge is 0.254 e. The zero-order valence-electron chi connectivity index (χ0n) is 22.0. The number of carbonyl (C=O) groups excluding carboxylic acids is 1. The van der Waals surface area contributed by atoms with Crippen molar-refractivity contribution >= 4 is 5.91 Å². The van der Waals surface area contributed by atoms with Crippen molar-refractivity contribution in [3.63, 3.8) is 0 Å². The van der Waals surface area contributed by atoms with E-state index in [9.17, 15) is 4.79 Å². The molecule has 0 saturated carbocycles. The number of amides is 1. The summed E-state index contributed by atoms with van der Waals surface area (Å²) in [4.78, 5) is 15.5. The van der Waals surface area contributed by atoms with Crippen LogP contribution >= 0.6 is 0 Å². The van der Waals surface area contributed by atoms with E-state index >= 15 is 0 Å². The topological polar surface area (TPSA) is 128 Å². The highest BCUT2D eigenvalue weighted by molar-refractivity contribution is 5.97. The van der Waals surface area contributed by atoms with Crippen LogP contribution < -0.4 is 14.2 Å². The fourth-order valence-electron chi connectivity index (χ4n) is 5.46. The number of H-pyrrole nitrogens is 1. The van der Waals surface area contributed by atoms with Crippen LogP contribution in [0, 0.1) is 0 Å². The quantitative estimate of drug-likeness (QED) is 0.371. The molecule has 11 heteroatoms. The molecular formula is C28H30N6O5. The van der Waals surface area contributed by atoms with Crippen LogP contribution in [0.25, 0.3) is 22.5 Å². The van der Waals surface area contributed by atoms with Crippen LogP contribution in [0.1, 0.15) is 49.0 Å². The van der Waals surface area contributed by atoms with Crippen LogP contribution in [-0.2, 0) is 6.42 Å². The Morgan fingerprint density at radius 1 is 1.05 bits per heavy atom. The zero-order valence-corrected chi connectivity index (χ0v) is 22.0. The standard InChI is InChI=1S/C28H30N6O5/c1-3-36-23-14-20(15-24(37-4-2)25(23)21-16-29-38-17-21)27(35)34-11-9-28(10-12-34)8-7-18-13-19(5-6-22(18)39-28)26-30-32-33-31-26/h5-6,13-17H,3-4,7-12H2,1-2H3,(H,30,31,32,33). The molecule has 1 N–H and O–H groups in total. The number of benzene rings is 2. The second kappa shape index (κ2) is 10.4.